The van der Waals surface area contributed by atoms with Gasteiger partial charge in [0, 0.05) is 11.0 Å². The first-order valence-electron chi connectivity index (χ1n) is 5.38. The Balaban J connectivity index is 2.31. The second-order valence-corrected chi connectivity index (χ2v) is 4.41. The minimum atomic E-state index is -1.82. The van der Waals surface area contributed by atoms with Crippen LogP contribution in [0.3, 0.4) is 0 Å². The van der Waals surface area contributed by atoms with Gasteiger partial charge in [0.25, 0.3) is 0 Å². The molecule has 0 saturated heterocycles. The highest BCUT2D eigenvalue weighted by atomic mass is 32.2. The second-order valence-electron chi connectivity index (χ2n) is 3.79. The number of ether oxygens (including phenoxy) is 1. The summed E-state index contributed by atoms with van der Waals surface area (Å²) in [6.45, 7) is 0. The van der Waals surface area contributed by atoms with E-state index in [9.17, 15) is 26.2 Å². The van der Waals surface area contributed by atoms with Gasteiger partial charge in [0.2, 0.25) is 17.4 Å². The van der Waals surface area contributed by atoms with E-state index in [2.05, 4.69) is 4.74 Å². The predicted octanol–water partition coefficient (Wildman–Crippen LogP) is 4.44. The Bertz CT molecular complexity index is 662. The molecule has 0 atom stereocenters. The summed E-state index contributed by atoms with van der Waals surface area (Å²) < 4.78 is 69.1. The fourth-order valence-electron chi connectivity index (χ4n) is 1.43. The van der Waals surface area contributed by atoms with Gasteiger partial charge in [-0.05, 0) is 24.3 Å². The molecule has 0 saturated carbocycles. The molecule has 0 heterocycles. The largest absolute Gasteiger partial charge is 0.416 e. The minimum Gasteiger partial charge on any atom is -0.416 e. The van der Waals surface area contributed by atoms with E-state index in [-0.39, 0.29) is 28.7 Å². The zero-order chi connectivity index (χ0) is 15.6. The maximum absolute atomic E-state index is 13.3. The molecule has 0 aliphatic rings. The van der Waals surface area contributed by atoms with Crippen LogP contribution >= 0.6 is 12.1 Å². The van der Waals surface area contributed by atoms with Crippen molar-refractivity contribution in [3.8, 4) is 5.75 Å². The maximum Gasteiger partial charge on any atom is 0.343 e. The van der Waals surface area contributed by atoms with Crippen LogP contribution in [0.1, 0.15) is 10.4 Å². The van der Waals surface area contributed by atoms with Gasteiger partial charge >= 0.3 is 5.97 Å². The van der Waals surface area contributed by atoms with E-state index >= 15 is 0 Å². The lowest BCUT2D eigenvalue weighted by molar-refractivity contribution is 0.0717. The average molecular weight is 320 g/mol. The number of carbonyl (C=O) groups is 1. The normalized spacial score (nSPS) is 10.5. The predicted molar refractivity (Wildman–Crippen MR) is 64.6 cm³/mol. The van der Waals surface area contributed by atoms with Crippen molar-refractivity contribution in [2.24, 2.45) is 0 Å². The molecule has 2 aromatic carbocycles. The van der Waals surface area contributed by atoms with Crippen LogP contribution in [-0.2, 0) is 0 Å². The molecule has 0 N–H and O–H groups in total. The lowest BCUT2D eigenvalue weighted by Crippen LogP contribution is -2.12. The molecule has 2 rings (SSSR count). The number of carbonyl (C=O) groups excluding carboxylic acids is 1. The van der Waals surface area contributed by atoms with E-state index in [0.29, 0.717) is 0 Å². The molecule has 0 fully saturated rings. The molecule has 2 nitrogen and oxygen atoms in total. The molecular weight excluding hydrogens is 315 g/mol. The highest BCUT2D eigenvalue weighted by Gasteiger charge is 2.23. The van der Waals surface area contributed by atoms with Crippen LogP contribution in [0.5, 0.6) is 5.75 Å². The molecule has 0 aliphatic carbocycles. The van der Waals surface area contributed by atoms with Crippen LogP contribution in [-0.4, -0.2) is 5.97 Å². The number of rotatable bonds is 3. The summed E-state index contributed by atoms with van der Waals surface area (Å²) >= 11 is -0.0693. The van der Waals surface area contributed by atoms with E-state index in [0.717, 1.165) is 12.1 Å². The number of halogens is 5. The summed E-state index contributed by atoms with van der Waals surface area (Å²) in [4.78, 5) is 11.8. The van der Waals surface area contributed by atoms with Crippen LogP contribution in [0.2, 0.25) is 0 Å². The van der Waals surface area contributed by atoms with Gasteiger partial charge in [-0.15, -0.1) is 0 Å². The van der Waals surface area contributed by atoms with Crippen molar-refractivity contribution >= 4 is 18.1 Å². The van der Waals surface area contributed by atoms with Gasteiger partial charge in [-0.1, -0.05) is 0 Å². The van der Waals surface area contributed by atoms with Crippen LogP contribution in [0.15, 0.2) is 35.2 Å². The first-order chi connectivity index (χ1) is 9.93. The quantitative estimate of drug-likeness (QED) is 0.362. The Hall–Kier alpha value is -2.09. The SMILES string of the molecule is O=C(Oc1c(F)c(F)cc(F)c1F)c1ccc(SF)cc1. The highest BCUT2D eigenvalue weighted by molar-refractivity contribution is 7.94. The summed E-state index contributed by atoms with van der Waals surface area (Å²) in [6, 6.07) is 4.71. The van der Waals surface area contributed by atoms with Crippen molar-refractivity contribution in [2.75, 3.05) is 0 Å². The minimum absolute atomic E-state index is 0.00469. The van der Waals surface area contributed by atoms with Crippen molar-refractivity contribution in [3.63, 3.8) is 0 Å². The maximum atomic E-state index is 13.3. The third kappa shape index (κ3) is 3.15. The Morgan fingerprint density at radius 1 is 0.952 bits per heavy atom. The van der Waals surface area contributed by atoms with Crippen molar-refractivity contribution < 1.29 is 31.0 Å². The monoisotopic (exact) mass is 320 g/mol. The highest BCUT2D eigenvalue weighted by Crippen LogP contribution is 2.27. The molecule has 0 bridgehead atoms. The summed E-state index contributed by atoms with van der Waals surface area (Å²) in [7, 11) is 0. The van der Waals surface area contributed by atoms with Gasteiger partial charge in [0.05, 0.1) is 17.7 Å². The molecule has 0 unspecified atom stereocenters. The third-order valence-electron chi connectivity index (χ3n) is 2.45. The fourth-order valence-corrected chi connectivity index (χ4v) is 1.67. The average Bonchev–Trinajstić information content (AvgIpc) is 2.49. The van der Waals surface area contributed by atoms with Crippen molar-refractivity contribution in [2.45, 2.75) is 4.90 Å². The number of hydrogen-bond acceptors (Lipinski definition) is 3. The molecule has 8 heteroatoms. The first kappa shape index (κ1) is 15.3. The van der Waals surface area contributed by atoms with E-state index < -0.39 is 35.0 Å². The molecule has 21 heavy (non-hydrogen) atoms. The Kier molecular flexibility index (Phi) is 4.46. The van der Waals surface area contributed by atoms with Gasteiger partial charge in [-0.3, -0.25) is 0 Å². The van der Waals surface area contributed by atoms with Gasteiger partial charge in [0.15, 0.2) is 11.6 Å². The Morgan fingerprint density at radius 2 is 1.48 bits per heavy atom. The van der Waals surface area contributed by atoms with Crippen molar-refractivity contribution in [1.29, 1.82) is 0 Å². The third-order valence-corrected chi connectivity index (χ3v) is 2.90. The number of benzene rings is 2. The molecule has 0 amide bonds. The van der Waals surface area contributed by atoms with Crippen molar-refractivity contribution in [1.82, 2.24) is 0 Å². The van der Waals surface area contributed by atoms with E-state index in [1.54, 1.807) is 0 Å². The molecule has 0 spiro atoms. The van der Waals surface area contributed by atoms with E-state index in [4.69, 9.17) is 0 Å². The molecule has 0 radical (unpaired) electrons. The van der Waals surface area contributed by atoms with Gasteiger partial charge < -0.3 is 4.74 Å². The zero-order valence-electron chi connectivity index (χ0n) is 10.0. The zero-order valence-corrected chi connectivity index (χ0v) is 10.8. The number of hydrogen-bond donors (Lipinski definition) is 0. The fraction of sp³-hybridized carbons (Fsp3) is 0. The van der Waals surface area contributed by atoms with Gasteiger partial charge in [-0.25, -0.2) is 13.6 Å². The van der Waals surface area contributed by atoms with Crippen LogP contribution < -0.4 is 4.74 Å². The molecule has 2 aromatic rings. The smallest absolute Gasteiger partial charge is 0.343 e. The lowest BCUT2D eigenvalue weighted by atomic mass is 10.2. The lowest BCUT2D eigenvalue weighted by Gasteiger charge is -2.08. The summed E-state index contributed by atoms with van der Waals surface area (Å²) in [5.41, 5.74) is -0.170. The second kappa shape index (κ2) is 6.13. The van der Waals surface area contributed by atoms with E-state index in [1.165, 1.54) is 12.1 Å². The van der Waals surface area contributed by atoms with Gasteiger partial charge in [0.1, 0.15) is 0 Å². The number of esters is 1. The summed E-state index contributed by atoms with van der Waals surface area (Å²) in [6.07, 6.45) is 0. The molecule has 110 valence electrons. The van der Waals surface area contributed by atoms with E-state index in [1.807, 2.05) is 0 Å². The van der Waals surface area contributed by atoms with Crippen LogP contribution in [0, 0.1) is 23.3 Å². The van der Waals surface area contributed by atoms with Crippen LogP contribution in [0.4, 0.5) is 21.4 Å². The molecular formula is C13H5F5O2S. The van der Waals surface area contributed by atoms with Crippen molar-refractivity contribution in [3.05, 3.63) is 59.2 Å². The summed E-state index contributed by atoms with van der Waals surface area (Å²) in [5, 5.41) is 0. The standard InChI is InChI=1S/C13H5F5O2S/c14-8-5-9(15)11(17)12(10(8)16)20-13(19)6-1-3-7(21-18)4-2-6/h1-5H. The molecule has 0 aliphatic heterocycles. The first-order valence-corrected chi connectivity index (χ1v) is 6.09. The van der Waals surface area contributed by atoms with Crippen LogP contribution in [0.25, 0.3) is 0 Å². The summed E-state index contributed by atoms with van der Waals surface area (Å²) in [5.74, 6) is -9.74. The topological polar surface area (TPSA) is 26.3 Å². The Morgan fingerprint density at radius 3 is 1.95 bits per heavy atom. The Labute approximate surface area is 119 Å². The molecule has 0 aromatic heterocycles. The van der Waals surface area contributed by atoms with Gasteiger partial charge in [-0.2, -0.15) is 12.7 Å².